The van der Waals surface area contributed by atoms with Crippen LogP contribution >= 0.6 is 24.8 Å². The molecule has 5 rings (SSSR count). The fourth-order valence-corrected chi connectivity index (χ4v) is 5.01. The van der Waals surface area contributed by atoms with Crippen molar-refractivity contribution in [2.75, 3.05) is 0 Å². The minimum atomic E-state index is -0.0152. The molecule has 1 aliphatic heterocycles. The second-order valence-corrected chi connectivity index (χ2v) is 10.0. The lowest BCUT2D eigenvalue weighted by Crippen LogP contribution is -2.58. The summed E-state index contributed by atoms with van der Waals surface area (Å²) in [6, 6.07) is 9.30. The van der Waals surface area contributed by atoms with Crippen LogP contribution in [0.3, 0.4) is 0 Å². The molecule has 1 fully saturated rings. The number of fused-ring (bicyclic) bond motifs is 1. The van der Waals surface area contributed by atoms with Crippen molar-refractivity contribution in [1.29, 1.82) is 0 Å². The lowest BCUT2D eigenvalue weighted by Gasteiger charge is -2.46. The Morgan fingerprint density at radius 1 is 0.971 bits per heavy atom. The van der Waals surface area contributed by atoms with E-state index in [1.807, 2.05) is 42.1 Å². The summed E-state index contributed by atoms with van der Waals surface area (Å²) in [5, 5.41) is 36.4. The normalized spacial score (nSPS) is 17.2. The number of nitrogens with one attached hydrogen (secondary N) is 1. The van der Waals surface area contributed by atoms with E-state index in [1.165, 1.54) is 0 Å². The smallest absolute Gasteiger partial charge is 0.201 e. The Morgan fingerprint density at radius 2 is 1.68 bits per heavy atom. The highest BCUT2D eigenvalue weighted by molar-refractivity contribution is 5.85. The van der Waals surface area contributed by atoms with Crippen LogP contribution in [0.1, 0.15) is 52.3 Å². The summed E-state index contributed by atoms with van der Waals surface area (Å²) in [7, 11) is 0. The minimum Gasteiger partial charge on any atom is -0.507 e. The van der Waals surface area contributed by atoms with Crippen LogP contribution in [0.15, 0.2) is 36.5 Å². The molecule has 0 radical (unpaired) electrons. The number of nitrogens with zero attached hydrogens (tertiary/aromatic N) is 7. The highest BCUT2D eigenvalue weighted by Crippen LogP contribution is 2.37. The molecule has 4 heterocycles. The van der Waals surface area contributed by atoms with Gasteiger partial charge in [0, 0.05) is 28.9 Å². The molecule has 4 aromatic rings. The van der Waals surface area contributed by atoms with Crippen LogP contribution < -0.4 is 5.32 Å². The van der Waals surface area contributed by atoms with E-state index in [4.69, 9.17) is 0 Å². The number of phenols is 1. The van der Waals surface area contributed by atoms with Crippen molar-refractivity contribution in [3.63, 3.8) is 0 Å². The van der Waals surface area contributed by atoms with Gasteiger partial charge in [0.05, 0.1) is 23.1 Å². The summed E-state index contributed by atoms with van der Waals surface area (Å²) in [6.07, 6.45) is 3.71. The standard InChI is InChI=1S/C23H28N8O.2ClH/c1-14-8-9-30(27-14)15-6-7-17(20(32)10-15)18-11-19-21(26-24-18)31(29-25-19)16-12-22(2,3)28-23(4,5)13-16;;/h6-11,16,28,32H,12-13H2,1-5H3;2*1H. The first-order chi connectivity index (χ1) is 15.1. The average molecular weight is 505 g/mol. The number of rotatable bonds is 3. The van der Waals surface area contributed by atoms with Crippen LogP contribution in [0.5, 0.6) is 5.75 Å². The predicted octanol–water partition coefficient (Wildman–Crippen LogP) is 4.41. The molecule has 9 nitrogen and oxygen atoms in total. The molecular weight excluding hydrogens is 475 g/mol. The van der Waals surface area contributed by atoms with Crippen molar-refractivity contribution in [3.8, 4) is 22.7 Å². The van der Waals surface area contributed by atoms with Crippen LogP contribution in [0.2, 0.25) is 0 Å². The van der Waals surface area contributed by atoms with E-state index in [2.05, 4.69) is 58.6 Å². The Morgan fingerprint density at radius 3 is 2.29 bits per heavy atom. The van der Waals surface area contributed by atoms with Crippen LogP contribution in [-0.2, 0) is 0 Å². The van der Waals surface area contributed by atoms with Gasteiger partial charge < -0.3 is 10.4 Å². The second kappa shape index (κ2) is 9.13. The SMILES string of the molecule is Cc1ccn(-c2ccc(-c3cc4nnn(C5CC(C)(C)NC(C)(C)C5)c4nn3)c(O)c2)n1.Cl.Cl. The lowest BCUT2D eigenvalue weighted by molar-refractivity contribution is 0.127. The molecule has 0 bridgehead atoms. The highest BCUT2D eigenvalue weighted by Gasteiger charge is 2.39. The largest absolute Gasteiger partial charge is 0.507 e. The van der Waals surface area contributed by atoms with Crippen LogP contribution in [0.4, 0.5) is 0 Å². The maximum atomic E-state index is 10.7. The van der Waals surface area contributed by atoms with E-state index in [-0.39, 0.29) is 47.7 Å². The number of benzene rings is 1. The van der Waals surface area contributed by atoms with Crippen LogP contribution in [0, 0.1) is 6.92 Å². The van der Waals surface area contributed by atoms with E-state index >= 15 is 0 Å². The molecule has 0 atom stereocenters. The third-order valence-electron chi connectivity index (χ3n) is 5.98. The first-order valence-corrected chi connectivity index (χ1v) is 10.8. The molecule has 11 heteroatoms. The van der Waals surface area contributed by atoms with Crippen molar-refractivity contribution >= 4 is 36.0 Å². The van der Waals surface area contributed by atoms with E-state index < -0.39 is 0 Å². The zero-order valence-corrected chi connectivity index (χ0v) is 21.5. The van der Waals surface area contributed by atoms with Gasteiger partial charge in [0.25, 0.3) is 0 Å². The van der Waals surface area contributed by atoms with Gasteiger partial charge in [0.15, 0.2) is 0 Å². The van der Waals surface area contributed by atoms with Crippen molar-refractivity contribution in [2.24, 2.45) is 0 Å². The van der Waals surface area contributed by atoms with Gasteiger partial charge in [-0.25, -0.2) is 9.36 Å². The summed E-state index contributed by atoms with van der Waals surface area (Å²) in [5.41, 5.74) is 4.12. The molecule has 1 aromatic carbocycles. The van der Waals surface area contributed by atoms with E-state index in [0.29, 0.717) is 22.4 Å². The van der Waals surface area contributed by atoms with Gasteiger partial charge in [-0.15, -0.1) is 40.1 Å². The molecule has 34 heavy (non-hydrogen) atoms. The molecule has 3 aromatic heterocycles. The first kappa shape index (κ1) is 25.9. The zero-order valence-electron chi connectivity index (χ0n) is 19.8. The Labute approximate surface area is 210 Å². The summed E-state index contributed by atoms with van der Waals surface area (Å²) in [4.78, 5) is 0. The zero-order chi connectivity index (χ0) is 22.7. The van der Waals surface area contributed by atoms with Gasteiger partial charge in [-0.1, -0.05) is 5.21 Å². The van der Waals surface area contributed by atoms with Gasteiger partial charge in [0.1, 0.15) is 11.3 Å². The van der Waals surface area contributed by atoms with E-state index in [9.17, 15) is 5.11 Å². The van der Waals surface area contributed by atoms with Crippen molar-refractivity contribution < 1.29 is 5.11 Å². The van der Waals surface area contributed by atoms with Crippen molar-refractivity contribution in [3.05, 3.63) is 42.2 Å². The van der Waals surface area contributed by atoms with Crippen molar-refractivity contribution in [1.82, 2.24) is 40.3 Å². The fourth-order valence-electron chi connectivity index (χ4n) is 5.01. The second-order valence-electron chi connectivity index (χ2n) is 10.0. The maximum absolute atomic E-state index is 10.7. The highest BCUT2D eigenvalue weighted by atomic mass is 35.5. The molecule has 0 aliphatic carbocycles. The first-order valence-electron chi connectivity index (χ1n) is 10.8. The number of aromatic nitrogens is 7. The quantitative estimate of drug-likeness (QED) is 0.425. The Kier molecular flexibility index (Phi) is 6.94. The molecule has 1 saturated heterocycles. The van der Waals surface area contributed by atoms with Gasteiger partial charge in [-0.05, 0) is 71.7 Å². The monoisotopic (exact) mass is 504 g/mol. The summed E-state index contributed by atoms with van der Waals surface area (Å²) in [6.45, 7) is 10.8. The summed E-state index contributed by atoms with van der Waals surface area (Å²) < 4.78 is 3.63. The molecule has 2 N–H and O–H groups in total. The predicted molar refractivity (Wildman–Crippen MR) is 136 cm³/mol. The lowest BCUT2D eigenvalue weighted by atomic mass is 9.80. The number of piperidine rings is 1. The van der Waals surface area contributed by atoms with Gasteiger partial charge >= 0.3 is 0 Å². The number of aryl methyl sites for hydroxylation is 1. The molecule has 0 spiro atoms. The molecule has 182 valence electrons. The fraction of sp³-hybridized carbons (Fsp3) is 0.435. The van der Waals surface area contributed by atoms with Gasteiger partial charge in [-0.3, -0.25) is 0 Å². The topological polar surface area (TPSA) is 107 Å². The van der Waals surface area contributed by atoms with Crippen molar-refractivity contribution in [2.45, 2.75) is 64.6 Å². The van der Waals surface area contributed by atoms with Crippen LogP contribution in [-0.4, -0.2) is 51.2 Å². The number of hydrogen-bond acceptors (Lipinski definition) is 7. The summed E-state index contributed by atoms with van der Waals surface area (Å²) >= 11 is 0. The Hall–Kier alpha value is -2.75. The number of phenolic OH excluding ortho intramolecular Hbond substituents is 1. The molecule has 0 amide bonds. The molecular formula is C23H30Cl2N8O. The molecule has 0 saturated carbocycles. The Bertz CT molecular complexity index is 1300. The minimum absolute atomic E-state index is 0. The van der Waals surface area contributed by atoms with Gasteiger partial charge in [-0.2, -0.15) is 5.10 Å². The van der Waals surface area contributed by atoms with E-state index in [0.717, 1.165) is 24.2 Å². The van der Waals surface area contributed by atoms with E-state index in [1.54, 1.807) is 10.7 Å². The summed E-state index contributed by atoms with van der Waals surface area (Å²) in [5.74, 6) is 0.110. The molecule has 0 unspecified atom stereocenters. The number of halogens is 2. The molecule has 1 aliphatic rings. The Balaban J connectivity index is 0.00000162. The maximum Gasteiger partial charge on any atom is 0.201 e. The van der Waals surface area contributed by atoms with Crippen LogP contribution in [0.25, 0.3) is 28.1 Å². The third kappa shape index (κ3) is 4.87. The van der Waals surface area contributed by atoms with Gasteiger partial charge in [0.2, 0.25) is 5.65 Å². The number of aromatic hydroxyl groups is 1. The average Bonchev–Trinajstić information content (AvgIpc) is 3.31. The number of hydrogen-bond donors (Lipinski definition) is 2. The third-order valence-corrected chi connectivity index (χ3v) is 5.98.